The Hall–Kier alpha value is -0.160. The molecule has 0 radical (unpaired) electrons. The van der Waals surface area contributed by atoms with Gasteiger partial charge in [-0.3, -0.25) is 0 Å². The van der Waals surface area contributed by atoms with E-state index in [1.54, 1.807) is 0 Å². The van der Waals surface area contributed by atoms with Crippen molar-refractivity contribution in [1.29, 1.82) is 0 Å². The molecule has 0 aromatic rings. The summed E-state index contributed by atoms with van der Waals surface area (Å²) in [6, 6.07) is -0.415. The molecule has 1 rings (SSSR count). The first-order chi connectivity index (χ1) is 5.00. The summed E-state index contributed by atoms with van der Waals surface area (Å²) in [4.78, 5) is 0. The highest BCUT2D eigenvalue weighted by Crippen LogP contribution is 2.34. The standard InChI is InChI=1S/C7H15NO3/c1-7(11)4(3-9)2-5(8)6(7)10/h4-6,9-11H,2-3,8H2,1H3/t4-,5?,6+,7-/m1/s1. The molecule has 0 saturated heterocycles. The van der Waals surface area contributed by atoms with Crippen molar-refractivity contribution in [3.63, 3.8) is 0 Å². The fourth-order valence-electron chi connectivity index (χ4n) is 1.63. The van der Waals surface area contributed by atoms with Gasteiger partial charge in [-0.05, 0) is 13.3 Å². The fraction of sp³-hybridized carbons (Fsp3) is 1.00. The molecular weight excluding hydrogens is 146 g/mol. The number of aliphatic hydroxyl groups excluding tert-OH is 2. The normalized spacial score (nSPS) is 51.5. The Kier molecular flexibility index (Phi) is 2.20. The molecule has 1 saturated carbocycles. The molecule has 1 fully saturated rings. The van der Waals surface area contributed by atoms with Crippen LogP contribution in [0.4, 0.5) is 0 Å². The topological polar surface area (TPSA) is 86.7 Å². The lowest BCUT2D eigenvalue weighted by Crippen LogP contribution is -2.45. The predicted molar refractivity (Wildman–Crippen MR) is 39.8 cm³/mol. The second kappa shape index (κ2) is 2.71. The van der Waals surface area contributed by atoms with Gasteiger partial charge in [-0.1, -0.05) is 0 Å². The summed E-state index contributed by atoms with van der Waals surface area (Å²) < 4.78 is 0. The van der Waals surface area contributed by atoms with Crippen LogP contribution in [0.25, 0.3) is 0 Å². The van der Waals surface area contributed by atoms with Crippen LogP contribution in [0.5, 0.6) is 0 Å². The van der Waals surface area contributed by atoms with E-state index in [4.69, 9.17) is 10.8 Å². The third-order valence-corrected chi connectivity index (χ3v) is 2.61. The SMILES string of the molecule is C[C@@]1(O)[C@@H](CO)CC(N)[C@@H]1O. The van der Waals surface area contributed by atoms with Crippen molar-refractivity contribution in [1.82, 2.24) is 0 Å². The van der Waals surface area contributed by atoms with Gasteiger partial charge in [0.25, 0.3) is 0 Å². The molecule has 4 heteroatoms. The van der Waals surface area contributed by atoms with Crippen LogP contribution in [0.3, 0.4) is 0 Å². The lowest BCUT2D eigenvalue weighted by molar-refractivity contribution is -0.0794. The minimum atomic E-state index is -1.23. The number of hydrogen-bond acceptors (Lipinski definition) is 4. The van der Waals surface area contributed by atoms with Gasteiger partial charge < -0.3 is 21.1 Å². The van der Waals surface area contributed by atoms with Gasteiger partial charge in [0.05, 0.1) is 11.7 Å². The zero-order chi connectivity index (χ0) is 8.65. The molecule has 5 N–H and O–H groups in total. The highest BCUT2D eigenvalue weighted by atomic mass is 16.3. The second-order valence-electron chi connectivity index (χ2n) is 3.45. The van der Waals surface area contributed by atoms with E-state index >= 15 is 0 Å². The number of hydrogen-bond donors (Lipinski definition) is 4. The van der Waals surface area contributed by atoms with Crippen LogP contribution in [-0.2, 0) is 0 Å². The molecule has 1 aliphatic rings. The van der Waals surface area contributed by atoms with E-state index in [0.29, 0.717) is 6.42 Å². The highest BCUT2D eigenvalue weighted by molar-refractivity contribution is 5.02. The Morgan fingerprint density at radius 3 is 2.36 bits per heavy atom. The summed E-state index contributed by atoms with van der Waals surface area (Å²) in [7, 11) is 0. The smallest absolute Gasteiger partial charge is 0.0978 e. The van der Waals surface area contributed by atoms with E-state index in [9.17, 15) is 10.2 Å². The Morgan fingerprint density at radius 1 is 1.64 bits per heavy atom. The Bertz CT molecular complexity index is 149. The molecule has 0 aromatic heterocycles. The molecule has 0 heterocycles. The van der Waals surface area contributed by atoms with Crippen molar-refractivity contribution >= 4 is 0 Å². The minimum absolute atomic E-state index is 0.127. The van der Waals surface area contributed by atoms with Gasteiger partial charge in [-0.2, -0.15) is 0 Å². The van der Waals surface area contributed by atoms with Gasteiger partial charge in [0.1, 0.15) is 0 Å². The summed E-state index contributed by atoms with van der Waals surface area (Å²) >= 11 is 0. The molecule has 0 aromatic carbocycles. The van der Waals surface area contributed by atoms with E-state index in [2.05, 4.69) is 0 Å². The molecule has 1 unspecified atom stereocenters. The first-order valence-electron chi connectivity index (χ1n) is 3.77. The molecule has 1 aliphatic carbocycles. The van der Waals surface area contributed by atoms with Crippen molar-refractivity contribution in [2.45, 2.75) is 31.1 Å². The lowest BCUT2D eigenvalue weighted by Gasteiger charge is -2.27. The maximum Gasteiger partial charge on any atom is 0.0978 e. The minimum Gasteiger partial charge on any atom is -0.396 e. The Morgan fingerprint density at radius 2 is 2.18 bits per heavy atom. The van der Waals surface area contributed by atoms with Gasteiger partial charge in [0.15, 0.2) is 0 Å². The largest absolute Gasteiger partial charge is 0.396 e. The number of rotatable bonds is 1. The third-order valence-electron chi connectivity index (χ3n) is 2.61. The second-order valence-corrected chi connectivity index (χ2v) is 3.45. The molecule has 66 valence electrons. The monoisotopic (exact) mass is 161 g/mol. The zero-order valence-corrected chi connectivity index (χ0v) is 6.57. The summed E-state index contributed by atoms with van der Waals surface area (Å²) in [5, 5.41) is 27.8. The van der Waals surface area contributed by atoms with Crippen LogP contribution >= 0.6 is 0 Å². The average molecular weight is 161 g/mol. The molecule has 0 aliphatic heterocycles. The van der Waals surface area contributed by atoms with Crippen LogP contribution in [0, 0.1) is 5.92 Å². The molecule has 4 nitrogen and oxygen atoms in total. The first-order valence-corrected chi connectivity index (χ1v) is 3.77. The average Bonchev–Trinajstić information content (AvgIpc) is 2.13. The Balaban J connectivity index is 2.74. The van der Waals surface area contributed by atoms with Crippen molar-refractivity contribution in [2.75, 3.05) is 6.61 Å². The van der Waals surface area contributed by atoms with Gasteiger partial charge in [0, 0.05) is 18.6 Å². The van der Waals surface area contributed by atoms with E-state index in [0.717, 1.165) is 0 Å². The molecule has 0 spiro atoms. The fourth-order valence-corrected chi connectivity index (χ4v) is 1.63. The van der Waals surface area contributed by atoms with Crippen LogP contribution in [0.2, 0.25) is 0 Å². The maximum atomic E-state index is 9.60. The maximum absolute atomic E-state index is 9.60. The van der Waals surface area contributed by atoms with Crippen LogP contribution < -0.4 is 5.73 Å². The van der Waals surface area contributed by atoms with Crippen molar-refractivity contribution in [2.24, 2.45) is 11.7 Å². The number of aliphatic hydroxyl groups is 3. The van der Waals surface area contributed by atoms with Gasteiger partial charge in [0.2, 0.25) is 0 Å². The van der Waals surface area contributed by atoms with Gasteiger partial charge in [-0.25, -0.2) is 0 Å². The third kappa shape index (κ3) is 1.27. The predicted octanol–water partition coefficient (Wildman–Crippen LogP) is -1.56. The Labute approximate surface area is 65.6 Å². The summed E-state index contributed by atoms with van der Waals surface area (Å²) in [6.45, 7) is 1.38. The van der Waals surface area contributed by atoms with Crippen LogP contribution in [0.1, 0.15) is 13.3 Å². The summed E-state index contributed by atoms with van der Waals surface area (Å²) in [5.74, 6) is -0.299. The number of nitrogens with two attached hydrogens (primary N) is 1. The van der Waals surface area contributed by atoms with Crippen molar-refractivity contribution < 1.29 is 15.3 Å². The van der Waals surface area contributed by atoms with Gasteiger partial charge in [-0.15, -0.1) is 0 Å². The first kappa shape index (κ1) is 8.93. The molecule has 4 atom stereocenters. The van der Waals surface area contributed by atoms with E-state index < -0.39 is 17.7 Å². The van der Waals surface area contributed by atoms with Crippen LogP contribution in [0.15, 0.2) is 0 Å². The summed E-state index contributed by atoms with van der Waals surface area (Å²) in [6.07, 6.45) is -0.440. The zero-order valence-electron chi connectivity index (χ0n) is 6.57. The lowest BCUT2D eigenvalue weighted by atomic mass is 9.92. The molecule has 11 heavy (non-hydrogen) atoms. The van der Waals surface area contributed by atoms with Crippen molar-refractivity contribution in [3.05, 3.63) is 0 Å². The summed E-state index contributed by atoms with van der Waals surface area (Å²) in [5.41, 5.74) is 4.27. The van der Waals surface area contributed by atoms with E-state index in [1.807, 2.05) is 0 Å². The van der Waals surface area contributed by atoms with E-state index in [1.165, 1.54) is 6.92 Å². The molecule has 0 amide bonds. The van der Waals surface area contributed by atoms with Crippen molar-refractivity contribution in [3.8, 4) is 0 Å². The quantitative estimate of drug-likeness (QED) is 0.374. The van der Waals surface area contributed by atoms with E-state index in [-0.39, 0.29) is 12.5 Å². The van der Waals surface area contributed by atoms with Gasteiger partial charge >= 0.3 is 0 Å². The molecule has 0 bridgehead atoms. The van der Waals surface area contributed by atoms with Crippen LogP contribution in [-0.4, -0.2) is 39.7 Å². The molecular formula is C7H15NO3. The highest BCUT2D eigenvalue weighted by Gasteiger charge is 2.48.